The molecular formula is C22H23Cl3N2O4. The number of hydroxylamine groups is 1. The molecule has 0 saturated heterocycles. The standard InChI is InChI=1S/C22H23Cl3N2O4/c1-15(27-31-11-6-9-21(28)26-16-7-4-3-5-8-16)18-13-17(30-12-10-20(24)25)14-19(23)22(18)29-2/h3-5,7-8,10,13-14,27H,1,6,9,11-12H2,2H3,(H,26,28). The van der Waals surface area contributed by atoms with Crippen molar-refractivity contribution in [3.05, 3.63) is 70.2 Å². The van der Waals surface area contributed by atoms with Gasteiger partial charge in [-0.3, -0.25) is 15.1 Å². The number of nitrogens with one attached hydrogen (secondary N) is 2. The molecule has 9 heteroatoms. The van der Waals surface area contributed by atoms with Crippen LogP contribution >= 0.6 is 34.8 Å². The van der Waals surface area contributed by atoms with Crippen molar-refractivity contribution in [1.82, 2.24) is 5.48 Å². The van der Waals surface area contributed by atoms with E-state index in [1.54, 1.807) is 12.1 Å². The van der Waals surface area contributed by atoms with Gasteiger partial charge in [0.25, 0.3) is 0 Å². The van der Waals surface area contributed by atoms with Crippen LogP contribution in [0.1, 0.15) is 18.4 Å². The average molecular weight is 486 g/mol. The Morgan fingerprint density at radius 1 is 1.19 bits per heavy atom. The smallest absolute Gasteiger partial charge is 0.224 e. The van der Waals surface area contributed by atoms with Crippen molar-refractivity contribution >= 4 is 52.1 Å². The maximum absolute atomic E-state index is 11.9. The molecule has 2 aromatic rings. The molecule has 0 bridgehead atoms. The summed E-state index contributed by atoms with van der Waals surface area (Å²) in [7, 11) is 1.50. The van der Waals surface area contributed by atoms with Gasteiger partial charge in [-0.15, -0.1) is 0 Å². The highest BCUT2D eigenvalue weighted by Gasteiger charge is 2.14. The molecule has 0 fully saturated rings. The minimum absolute atomic E-state index is 0.0852. The molecular weight excluding hydrogens is 463 g/mol. The zero-order valence-corrected chi connectivity index (χ0v) is 19.2. The van der Waals surface area contributed by atoms with Crippen molar-refractivity contribution in [2.45, 2.75) is 12.8 Å². The number of benzene rings is 2. The molecule has 166 valence electrons. The predicted octanol–water partition coefficient (Wildman–Crippen LogP) is 5.96. The number of para-hydroxylation sites is 1. The topological polar surface area (TPSA) is 68.8 Å². The highest BCUT2D eigenvalue weighted by molar-refractivity contribution is 6.55. The molecule has 0 saturated carbocycles. The van der Waals surface area contributed by atoms with Crippen LogP contribution in [-0.4, -0.2) is 26.2 Å². The Balaban J connectivity index is 1.84. The number of anilines is 1. The van der Waals surface area contributed by atoms with Crippen LogP contribution < -0.4 is 20.3 Å². The van der Waals surface area contributed by atoms with Crippen LogP contribution in [0.3, 0.4) is 0 Å². The molecule has 0 spiro atoms. The fourth-order valence-corrected chi connectivity index (χ4v) is 2.94. The highest BCUT2D eigenvalue weighted by Crippen LogP contribution is 2.36. The first-order valence-corrected chi connectivity index (χ1v) is 10.5. The van der Waals surface area contributed by atoms with E-state index in [0.29, 0.717) is 47.2 Å². The second-order valence-electron chi connectivity index (χ2n) is 6.24. The molecule has 0 aliphatic carbocycles. The molecule has 31 heavy (non-hydrogen) atoms. The normalized spacial score (nSPS) is 10.2. The van der Waals surface area contributed by atoms with Crippen molar-refractivity contribution < 1.29 is 19.1 Å². The summed E-state index contributed by atoms with van der Waals surface area (Å²) >= 11 is 17.4. The van der Waals surface area contributed by atoms with Gasteiger partial charge in [0.2, 0.25) is 5.91 Å². The van der Waals surface area contributed by atoms with Gasteiger partial charge in [0, 0.05) is 23.7 Å². The minimum Gasteiger partial charge on any atom is -0.494 e. The van der Waals surface area contributed by atoms with Crippen LogP contribution in [0.25, 0.3) is 5.70 Å². The lowest BCUT2D eigenvalue weighted by Crippen LogP contribution is -2.16. The number of hydrogen-bond acceptors (Lipinski definition) is 5. The van der Waals surface area contributed by atoms with Crippen LogP contribution in [0, 0.1) is 0 Å². The Bertz CT molecular complexity index is 916. The minimum atomic E-state index is -0.0852. The molecule has 1 amide bonds. The van der Waals surface area contributed by atoms with Crippen molar-refractivity contribution in [3.8, 4) is 11.5 Å². The van der Waals surface area contributed by atoms with E-state index in [1.165, 1.54) is 13.2 Å². The van der Waals surface area contributed by atoms with Crippen molar-refractivity contribution in [2.24, 2.45) is 0 Å². The van der Waals surface area contributed by atoms with Crippen LogP contribution in [0.4, 0.5) is 5.69 Å². The van der Waals surface area contributed by atoms with Gasteiger partial charge in [-0.05, 0) is 30.7 Å². The van der Waals surface area contributed by atoms with E-state index in [2.05, 4.69) is 17.4 Å². The van der Waals surface area contributed by atoms with Crippen LogP contribution in [0.5, 0.6) is 11.5 Å². The molecule has 0 atom stereocenters. The van der Waals surface area contributed by atoms with E-state index in [-0.39, 0.29) is 17.0 Å². The van der Waals surface area contributed by atoms with Crippen LogP contribution in [-0.2, 0) is 9.63 Å². The lowest BCUT2D eigenvalue weighted by atomic mass is 10.1. The molecule has 2 rings (SSSR count). The van der Waals surface area contributed by atoms with Gasteiger partial charge in [0.15, 0.2) is 0 Å². The number of carbonyl (C=O) groups is 1. The van der Waals surface area contributed by atoms with Gasteiger partial charge in [-0.1, -0.05) is 59.6 Å². The number of ether oxygens (including phenoxy) is 2. The first-order valence-electron chi connectivity index (χ1n) is 9.34. The number of carbonyl (C=O) groups excluding carboxylic acids is 1. The van der Waals surface area contributed by atoms with Gasteiger partial charge in [0.1, 0.15) is 22.6 Å². The molecule has 0 radical (unpaired) electrons. The van der Waals surface area contributed by atoms with Crippen molar-refractivity contribution in [3.63, 3.8) is 0 Å². The predicted molar refractivity (Wildman–Crippen MR) is 126 cm³/mol. The molecule has 0 aliphatic rings. The van der Waals surface area contributed by atoms with E-state index in [4.69, 9.17) is 49.1 Å². The zero-order chi connectivity index (χ0) is 22.6. The first kappa shape index (κ1) is 24.9. The summed E-state index contributed by atoms with van der Waals surface area (Å²) < 4.78 is 11.0. The molecule has 2 N–H and O–H groups in total. The van der Waals surface area contributed by atoms with Gasteiger partial charge < -0.3 is 14.8 Å². The third-order valence-corrected chi connectivity index (χ3v) is 4.53. The SMILES string of the molecule is C=C(NOCCCC(=O)Nc1ccccc1)c1cc(OCC=C(Cl)Cl)cc(Cl)c1OC. The Morgan fingerprint density at radius 2 is 1.94 bits per heavy atom. The maximum atomic E-state index is 11.9. The van der Waals surface area contributed by atoms with E-state index in [9.17, 15) is 4.79 Å². The first-order chi connectivity index (χ1) is 14.9. The van der Waals surface area contributed by atoms with Crippen LogP contribution in [0.15, 0.2) is 59.6 Å². The maximum Gasteiger partial charge on any atom is 0.224 e. The van der Waals surface area contributed by atoms with Gasteiger partial charge in [-0.25, -0.2) is 0 Å². The molecule has 6 nitrogen and oxygen atoms in total. The van der Waals surface area contributed by atoms with Gasteiger partial charge in [-0.2, -0.15) is 0 Å². The Labute approximate surface area is 196 Å². The number of amides is 1. The summed E-state index contributed by atoms with van der Waals surface area (Å²) in [5.41, 5.74) is 4.49. The summed E-state index contributed by atoms with van der Waals surface area (Å²) in [6.45, 7) is 4.42. The second-order valence-corrected chi connectivity index (χ2v) is 7.65. The summed E-state index contributed by atoms with van der Waals surface area (Å²) in [5, 5.41) is 3.16. The van der Waals surface area contributed by atoms with Crippen molar-refractivity contribution in [1.29, 1.82) is 0 Å². The zero-order valence-electron chi connectivity index (χ0n) is 16.9. The monoisotopic (exact) mass is 484 g/mol. The number of hydrogen-bond donors (Lipinski definition) is 2. The van der Waals surface area contributed by atoms with E-state index in [0.717, 1.165) is 5.69 Å². The lowest BCUT2D eigenvalue weighted by Gasteiger charge is -2.16. The third-order valence-electron chi connectivity index (χ3n) is 3.94. The fourth-order valence-electron chi connectivity index (χ4n) is 2.53. The summed E-state index contributed by atoms with van der Waals surface area (Å²) in [6.07, 6.45) is 2.34. The third kappa shape index (κ3) is 8.71. The molecule has 0 aromatic heterocycles. The highest BCUT2D eigenvalue weighted by atomic mass is 35.5. The Hall–Kier alpha value is -2.38. The summed E-state index contributed by atoms with van der Waals surface area (Å²) in [5.74, 6) is 0.813. The number of methoxy groups -OCH3 is 1. The summed E-state index contributed by atoms with van der Waals surface area (Å²) in [4.78, 5) is 17.4. The van der Waals surface area contributed by atoms with Gasteiger partial charge in [0.05, 0.1) is 24.4 Å². The lowest BCUT2D eigenvalue weighted by molar-refractivity contribution is -0.116. The molecule has 0 heterocycles. The van der Waals surface area contributed by atoms with Crippen molar-refractivity contribution in [2.75, 3.05) is 25.6 Å². The van der Waals surface area contributed by atoms with E-state index < -0.39 is 0 Å². The largest absolute Gasteiger partial charge is 0.494 e. The molecule has 0 aliphatic heterocycles. The van der Waals surface area contributed by atoms with E-state index in [1.807, 2.05) is 30.3 Å². The van der Waals surface area contributed by atoms with Crippen LogP contribution in [0.2, 0.25) is 5.02 Å². The number of halogens is 3. The van der Waals surface area contributed by atoms with E-state index >= 15 is 0 Å². The second kappa shape index (κ2) is 13.1. The molecule has 0 unspecified atom stereocenters. The summed E-state index contributed by atoms with van der Waals surface area (Å²) in [6, 6.07) is 12.6. The van der Waals surface area contributed by atoms with Gasteiger partial charge >= 0.3 is 0 Å². The number of rotatable bonds is 12. The fraction of sp³-hybridized carbons (Fsp3) is 0.227. The average Bonchev–Trinajstić information content (AvgIpc) is 2.73. The Kier molecular flexibility index (Phi) is 10.5. The quantitative estimate of drug-likeness (QED) is 0.287. The Morgan fingerprint density at radius 3 is 2.61 bits per heavy atom. The molecule has 2 aromatic carbocycles.